The third-order valence-corrected chi connectivity index (χ3v) is 8.10. The van der Waals surface area contributed by atoms with Crippen molar-refractivity contribution >= 4 is 78.2 Å². The second-order valence-corrected chi connectivity index (χ2v) is 11.9. The molecule has 38 heavy (non-hydrogen) atoms. The monoisotopic (exact) mass is 710 g/mol. The molecule has 9 nitrogen and oxygen atoms in total. The van der Waals surface area contributed by atoms with Crippen LogP contribution in [0.3, 0.4) is 0 Å². The number of anilines is 1. The Bertz CT molecular complexity index is 1620. The molecule has 1 heterocycles. The fourth-order valence-corrected chi connectivity index (χ4v) is 6.00. The topological polar surface area (TPSA) is 119 Å². The first-order chi connectivity index (χ1) is 17.9. The van der Waals surface area contributed by atoms with E-state index < -0.39 is 28.0 Å². The van der Waals surface area contributed by atoms with E-state index in [0.29, 0.717) is 20.4 Å². The van der Waals surface area contributed by atoms with E-state index in [-0.39, 0.29) is 22.0 Å². The van der Waals surface area contributed by atoms with Crippen LogP contribution >= 0.6 is 38.5 Å². The molecule has 3 aromatic carbocycles. The number of aryl methyl sites for hydroxylation is 2. The van der Waals surface area contributed by atoms with Gasteiger partial charge >= 0.3 is 16.1 Å². The molecule has 1 fully saturated rings. The molecule has 1 aliphatic rings. The Kier molecular flexibility index (Phi) is 7.95. The largest absolute Gasteiger partial charge is 0.493 e. The van der Waals surface area contributed by atoms with Gasteiger partial charge in [-0.3, -0.25) is 14.9 Å². The van der Waals surface area contributed by atoms with Gasteiger partial charge in [0.05, 0.1) is 16.4 Å². The third kappa shape index (κ3) is 5.61. The number of nitrogens with zero attached hydrogens (tertiary/aromatic N) is 1. The summed E-state index contributed by atoms with van der Waals surface area (Å²) in [6.45, 7) is 3.57. The van der Waals surface area contributed by atoms with Crippen molar-refractivity contribution in [2.45, 2.75) is 18.7 Å². The molecule has 0 radical (unpaired) electrons. The zero-order valence-electron chi connectivity index (χ0n) is 20.2. The van der Waals surface area contributed by atoms with Crippen molar-refractivity contribution in [1.29, 1.82) is 0 Å². The summed E-state index contributed by atoms with van der Waals surface area (Å²) in [5.74, 6) is -1.64. The van der Waals surface area contributed by atoms with E-state index in [1.807, 2.05) is 29.5 Å². The number of imide groups is 2. The highest BCUT2D eigenvalue weighted by molar-refractivity contribution is 14.1. The van der Waals surface area contributed by atoms with E-state index in [9.17, 15) is 22.8 Å². The SMILES string of the molecule is COc1cc(/C=C2/C(=O)NC(=O)N(c3ccc(Br)cc3C)C2=O)cc(I)c1OS(=O)(=O)c1ccc(C)cc1. The molecule has 4 amide bonds. The molecule has 196 valence electrons. The van der Waals surface area contributed by atoms with Gasteiger partial charge in [0.1, 0.15) is 10.5 Å². The molecule has 4 rings (SSSR count). The molecule has 0 atom stereocenters. The second-order valence-electron chi connectivity index (χ2n) is 8.27. The standard InChI is InChI=1S/C26H20BrIN2O7S/c1-14-4-7-18(8-5-14)38(34,35)37-23-20(28)12-16(13-22(23)36-3)11-19-24(31)29-26(33)30(25(19)32)21-9-6-17(27)10-15(21)2/h4-13H,1-3H3,(H,29,31,33)/b19-11-. The van der Waals surface area contributed by atoms with Gasteiger partial charge in [0, 0.05) is 4.47 Å². The number of barbiturate groups is 1. The summed E-state index contributed by atoms with van der Waals surface area (Å²) in [4.78, 5) is 39.3. The molecule has 1 saturated heterocycles. The number of hydrogen-bond donors (Lipinski definition) is 1. The summed E-state index contributed by atoms with van der Waals surface area (Å²) in [5, 5.41) is 2.19. The van der Waals surface area contributed by atoms with Crippen LogP contribution in [0.15, 0.2) is 69.5 Å². The van der Waals surface area contributed by atoms with Gasteiger partial charge in [-0.25, -0.2) is 9.69 Å². The van der Waals surface area contributed by atoms with E-state index >= 15 is 0 Å². The number of urea groups is 1. The fourth-order valence-electron chi connectivity index (χ4n) is 3.68. The Morgan fingerprint density at radius 2 is 1.68 bits per heavy atom. The molecular weight excluding hydrogens is 691 g/mol. The lowest BCUT2D eigenvalue weighted by molar-refractivity contribution is -0.122. The van der Waals surface area contributed by atoms with E-state index in [4.69, 9.17) is 8.92 Å². The van der Waals surface area contributed by atoms with Crippen molar-refractivity contribution in [2.24, 2.45) is 0 Å². The molecule has 0 bridgehead atoms. The molecule has 0 saturated carbocycles. The first-order valence-electron chi connectivity index (χ1n) is 11.0. The minimum absolute atomic E-state index is 0.0235. The van der Waals surface area contributed by atoms with E-state index in [1.54, 1.807) is 37.3 Å². The summed E-state index contributed by atoms with van der Waals surface area (Å²) in [6.07, 6.45) is 1.30. The van der Waals surface area contributed by atoms with Gasteiger partial charge in [-0.1, -0.05) is 33.6 Å². The molecule has 0 spiro atoms. The van der Waals surface area contributed by atoms with Crippen LogP contribution in [0.25, 0.3) is 6.08 Å². The summed E-state index contributed by atoms with van der Waals surface area (Å²) < 4.78 is 37.6. The van der Waals surface area contributed by atoms with Gasteiger partial charge in [0.25, 0.3) is 11.8 Å². The van der Waals surface area contributed by atoms with Crippen LogP contribution < -0.4 is 19.1 Å². The highest BCUT2D eigenvalue weighted by Crippen LogP contribution is 2.37. The summed E-state index contributed by atoms with van der Waals surface area (Å²) >= 11 is 5.22. The van der Waals surface area contributed by atoms with Crippen LogP contribution in [0.2, 0.25) is 0 Å². The average molecular weight is 711 g/mol. The van der Waals surface area contributed by atoms with E-state index in [1.165, 1.54) is 37.5 Å². The van der Waals surface area contributed by atoms with Crippen LogP contribution in [0.1, 0.15) is 16.7 Å². The lowest BCUT2D eigenvalue weighted by Crippen LogP contribution is -2.54. The summed E-state index contributed by atoms with van der Waals surface area (Å²) in [5.41, 5.74) is 1.93. The Labute approximate surface area is 241 Å². The van der Waals surface area contributed by atoms with Crippen LogP contribution in [0, 0.1) is 17.4 Å². The van der Waals surface area contributed by atoms with E-state index in [0.717, 1.165) is 14.9 Å². The number of hydrogen-bond acceptors (Lipinski definition) is 7. The first-order valence-corrected chi connectivity index (χ1v) is 14.3. The molecule has 0 unspecified atom stereocenters. The number of halogens is 2. The fraction of sp³-hybridized carbons (Fsp3) is 0.115. The van der Waals surface area contributed by atoms with Crippen molar-refractivity contribution in [3.8, 4) is 11.5 Å². The first kappa shape index (κ1) is 27.8. The van der Waals surface area contributed by atoms with E-state index in [2.05, 4.69) is 21.2 Å². The molecule has 0 aromatic heterocycles. The lowest BCUT2D eigenvalue weighted by atomic mass is 10.1. The normalized spacial score (nSPS) is 15.0. The Hall–Kier alpha value is -3.23. The van der Waals surface area contributed by atoms with Crippen molar-refractivity contribution < 1.29 is 31.7 Å². The highest BCUT2D eigenvalue weighted by atomic mass is 127. The second kappa shape index (κ2) is 10.9. The van der Waals surface area contributed by atoms with Crippen LogP contribution in [0.4, 0.5) is 10.5 Å². The number of carbonyl (C=O) groups is 3. The van der Waals surface area contributed by atoms with Gasteiger partial charge in [-0.15, -0.1) is 0 Å². The zero-order chi connectivity index (χ0) is 27.8. The van der Waals surface area contributed by atoms with Gasteiger partial charge in [-0.2, -0.15) is 8.42 Å². The molecule has 1 N–H and O–H groups in total. The van der Waals surface area contributed by atoms with Gasteiger partial charge in [0.2, 0.25) is 0 Å². The number of carbonyl (C=O) groups excluding carboxylic acids is 3. The van der Waals surface area contributed by atoms with Crippen LogP contribution in [-0.2, 0) is 19.7 Å². The predicted octanol–water partition coefficient (Wildman–Crippen LogP) is 5.11. The van der Waals surface area contributed by atoms with Crippen molar-refractivity contribution in [3.05, 3.63) is 84.9 Å². The number of amides is 4. The van der Waals surface area contributed by atoms with Crippen molar-refractivity contribution in [2.75, 3.05) is 12.0 Å². The third-order valence-electron chi connectivity index (χ3n) is 5.57. The Morgan fingerprint density at radius 3 is 2.32 bits per heavy atom. The van der Waals surface area contributed by atoms with Gasteiger partial charge in [-0.05, 0) is 96.1 Å². The quantitative estimate of drug-likeness (QED) is 0.163. The molecule has 3 aromatic rings. The maximum Gasteiger partial charge on any atom is 0.339 e. The molecule has 1 aliphatic heterocycles. The van der Waals surface area contributed by atoms with Crippen LogP contribution in [-0.4, -0.2) is 33.4 Å². The Morgan fingerprint density at radius 1 is 1.00 bits per heavy atom. The zero-order valence-corrected chi connectivity index (χ0v) is 24.8. The summed E-state index contributed by atoms with van der Waals surface area (Å²) in [7, 11) is -2.82. The highest BCUT2D eigenvalue weighted by Gasteiger charge is 2.37. The lowest BCUT2D eigenvalue weighted by Gasteiger charge is -2.27. The maximum absolute atomic E-state index is 13.3. The van der Waals surface area contributed by atoms with Gasteiger partial charge in [0.15, 0.2) is 11.5 Å². The maximum atomic E-state index is 13.3. The summed E-state index contributed by atoms with van der Waals surface area (Å²) in [6, 6.07) is 13.3. The minimum atomic E-state index is -4.16. The average Bonchev–Trinajstić information content (AvgIpc) is 2.84. The van der Waals surface area contributed by atoms with Crippen molar-refractivity contribution in [1.82, 2.24) is 5.32 Å². The molecule has 0 aliphatic carbocycles. The Balaban J connectivity index is 1.71. The number of ether oxygens (including phenoxy) is 1. The number of methoxy groups -OCH3 is 1. The van der Waals surface area contributed by atoms with Crippen molar-refractivity contribution in [3.63, 3.8) is 0 Å². The molecular formula is C26H20BrIN2O7S. The van der Waals surface area contributed by atoms with Crippen LogP contribution in [0.5, 0.6) is 11.5 Å². The smallest absolute Gasteiger partial charge is 0.339 e. The predicted molar refractivity (Wildman–Crippen MR) is 153 cm³/mol. The number of nitrogens with one attached hydrogen (secondary N) is 1. The number of rotatable bonds is 6. The minimum Gasteiger partial charge on any atom is -0.493 e. The van der Waals surface area contributed by atoms with Gasteiger partial charge < -0.3 is 8.92 Å². The molecule has 12 heteroatoms. The number of benzene rings is 3.